The highest BCUT2D eigenvalue weighted by Crippen LogP contribution is 2.32. The highest BCUT2D eigenvalue weighted by molar-refractivity contribution is 7.80. The summed E-state index contributed by atoms with van der Waals surface area (Å²) in [5.74, 6) is 0.133. The summed E-state index contributed by atoms with van der Waals surface area (Å²) >= 11 is 28.8. The van der Waals surface area contributed by atoms with E-state index in [4.69, 9.17) is 63.4 Å². The third-order valence-electron chi connectivity index (χ3n) is 3.01. The van der Waals surface area contributed by atoms with Gasteiger partial charge in [0.25, 0.3) is 5.91 Å². The number of rotatable bonds is 4. The summed E-state index contributed by atoms with van der Waals surface area (Å²) in [4.78, 5) is 11.9. The molecule has 0 aliphatic heterocycles. The fourth-order valence-corrected chi connectivity index (χ4v) is 2.90. The monoisotopic (exact) mass is 436 g/mol. The average Bonchev–Trinajstić information content (AvgIpc) is 2.51. The largest absolute Gasteiger partial charge is 0.483 e. The molecule has 0 radical (unpaired) electrons. The van der Waals surface area contributed by atoms with Crippen LogP contribution in [0.15, 0.2) is 30.3 Å². The fourth-order valence-electron chi connectivity index (χ4n) is 1.85. The molecule has 2 N–H and O–H groups in total. The summed E-state index contributed by atoms with van der Waals surface area (Å²) in [5, 5.41) is 6.86. The molecule has 0 saturated heterocycles. The van der Waals surface area contributed by atoms with E-state index in [0.29, 0.717) is 31.5 Å². The Morgan fingerprint density at radius 2 is 1.76 bits per heavy atom. The van der Waals surface area contributed by atoms with Crippen molar-refractivity contribution in [2.24, 2.45) is 0 Å². The van der Waals surface area contributed by atoms with Gasteiger partial charge in [-0.25, -0.2) is 0 Å². The lowest BCUT2D eigenvalue weighted by molar-refractivity contribution is -0.121. The van der Waals surface area contributed by atoms with Crippen LogP contribution < -0.4 is 15.4 Å². The number of hydrogen-bond donors (Lipinski definition) is 2. The van der Waals surface area contributed by atoms with E-state index >= 15 is 0 Å². The van der Waals surface area contributed by atoms with Gasteiger partial charge in [0, 0.05) is 5.02 Å². The lowest BCUT2D eigenvalue weighted by Crippen LogP contribution is -2.37. The molecule has 132 valence electrons. The number of halogens is 4. The third kappa shape index (κ3) is 5.90. The number of hydrogen-bond acceptors (Lipinski definition) is 3. The number of nitrogens with one attached hydrogen (secondary N) is 2. The quantitative estimate of drug-likeness (QED) is 0.489. The Balaban J connectivity index is 1.90. The van der Waals surface area contributed by atoms with Gasteiger partial charge in [-0.1, -0.05) is 46.4 Å². The lowest BCUT2D eigenvalue weighted by atomic mass is 10.2. The molecule has 0 spiro atoms. The topological polar surface area (TPSA) is 50.4 Å². The van der Waals surface area contributed by atoms with Gasteiger partial charge in [0.1, 0.15) is 5.75 Å². The van der Waals surface area contributed by atoms with Crippen molar-refractivity contribution in [3.63, 3.8) is 0 Å². The minimum absolute atomic E-state index is 0.0571. The Kier molecular flexibility index (Phi) is 7.16. The SMILES string of the molecule is Cc1cc(Cl)ccc1OCC(=O)NC(=S)Nc1cc(Cl)c(Cl)cc1Cl. The lowest BCUT2D eigenvalue weighted by Gasteiger charge is -2.13. The maximum absolute atomic E-state index is 11.9. The van der Waals surface area contributed by atoms with Crippen molar-refractivity contribution in [3.8, 4) is 5.75 Å². The van der Waals surface area contributed by atoms with E-state index < -0.39 is 5.91 Å². The molecule has 1 amide bonds. The Morgan fingerprint density at radius 1 is 1.08 bits per heavy atom. The first-order valence-corrected chi connectivity index (χ1v) is 8.82. The first kappa shape index (κ1) is 20.1. The molecule has 2 aromatic carbocycles. The number of carbonyl (C=O) groups is 1. The predicted octanol–water partition coefficient (Wildman–Crippen LogP) is 5.50. The summed E-state index contributed by atoms with van der Waals surface area (Å²) in [6.07, 6.45) is 0. The van der Waals surface area contributed by atoms with Gasteiger partial charge in [-0.3, -0.25) is 10.1 Å². The number of benzene rings is 2. The molecule has 0 aromatic heterocycles. The number of carbonyl (C=O) groups excluding carboxylic acids is 1. The zero-order chi connectivity index (χ0) is 18.6. The molecule has 0 atom stereocenters. The molecule has 25 heavy (non-hydrogen) atoms. The molecule has 2 rings (SSSR count). The van der Waals surface area contributed by atoms with E-state index in [1.165, 1.54) is 12.1 Å². The second-order valence-corrected chi connectivity index (χ2v) is 7.01. The minimum Gasteiger partial charge on any atom is -0.483 e. The van der Waals surface area contributed by atoms with Crippen LogP contribution in [0, 0.1) is 6.92 Å². The smallest absolute Gasteiger partial charge is 0.264 e. The Morgan fingerprint density at radius 3 is 2.44 bits per heavy atom. The molecule has 0 bridgehead atoms. The van der Waals surface area contributed by atoms with Crippen molar-refractivity contribution in [1.29, 1.82) is 0 Å². The van der Waals surface area contributed by atoms with Crippen molar-refractivity contribution in [1.82, 2.24) is 5.32 Å². The Hall–Kier alpha value is -1.24. The van der Waals surface area contributed by atoms with E-state index in [1.807, 2.05) is 6.92 Å². The van der Waals surface area contributed by atoms with E-state index in [1.54, 1.807) is 18.2 Å². The first-order valence-electron chi connectivity index (χ1n) is 6.90. The van der Waals surface area contributed by atoms with Gasteiger partial charge in [0.15, 0.2) is 11.7 Å². The molecular weight excluding hydrogens is 426 g/mol. The number of aryl methyl sites for hydroxylation is 1. The summed E-state index contributed by atoms with van der Waals surface area (Å²) < 4.78 is 5.44. The molecular formula is C16H12Cl4N2O2S. The van der Waals surface area contributed by atoms with Gasteiger partial charge in [0.2, 0.25) is 0 Å². The molecule has 0 fully saturated rings. The van der Waals surface area contributed by atoms with Gasteiger partial charge < -0.3 is 10.1 Å². The van der Waals surface area contributed by atoms with Crippen molar-refractivity contribution in [3.05, 3.63) is 56.0 Å². The van der Waals surface area contributed by atoms with Crippen molar-refractivity contribution in [2.75, 3.05) is 11.9 Å². The van der Waals surface area contributed by atoms with E-state index in [9.17, 15) is 4.79 Å². The second kappa shape index (κ2) is 8.92. The molecule has 9 heteroatoms. The molecule has 2 aromatic rings. The van der Waals surface area contributed by atoms with Crippen LogP contribution in [0.25, 0.3) is 0 Å². The Bertz CT molecular complexity index is 830. The van der Waals surface area contributed by atoms with Crippen LogP contribution in [0.1, 0.15) is 5.56 Å². The molecule has 0 unspecified atom stereocenters. The van der Waals surface area contributed by atoms with Gasteiger partial charge in [-0.05, 0) is 55.0 Å². The summed E-state index contributed by atoms with van der Waals surface area (Å²) in [5.41, 5.74) is 1.25. The van der Waals surface area contributed by atoms with Gasteiger partial charge in [0.05, 0.1) is 20.8 Å². The predicted molar refractivity (Wildman–Crippen MR) is 108 cm³/mol. The standard InChI is InChI=1S/C16H12Cl4N2O2S/c1-8-4-9(17)2-3-14(8)24-7-15(23)22-16(25)21-13-6-11(19)10(18)5-12(13)20/h2-6H,7H2,1H3,(H2,21,22,23,25). The fraction of sp³-hybridized carbons (Fsp3) is 0.125. The molecule has 0 aliphatic carbocycles. The number of anilines is 1. The van der Waals surface area contributed by atoms with Crippen LogP contribution in [0.4, 0.5) is 5.69 Å². The summed E-state index contributed by atoms with van der Waals surface area (Å²) in [6, 6.07) is 8.10. The minimum atomic E-state index is -0.428. The van der Waals surface area contributed by atoms with Crippen LogP contribution in [0.2, 0.25) is 20.1 Å². The second-order valence-electron chi connectivity index (χ2n) is 4.95. The molecule has 4 nitrogen and oxygen atoms in total. The zero-order valence-electron chi connectivity index (χ0n) is 12.8. The number of amides is 1. The summed E-state index contributed by atoms with van der Waals surface area (Å²) in [7, 11) is 0. The van der Waals surface area contributed by atoms with Crippen LogP contribution >= 0.6 is 58.6 Å². The van der Waals surface area contributed by atoms with Gasteiger partial charge in [-0.15, -0.1) is 0 Å². The van der Waals surface area contributed by atoms with Crippen molar-refractivity contribution < 1.29 is 9.53 Å². The maximum atomic E-state index is 11.9. The van der Waals surface area contributed by atoms with Crippen molar-refractivity contribution >= 4 is 75.3 Å². The van der Waals surface area contributed by atoms with Crippen molar-refractivity contribution in [2.45, 2.75) is 6.92 Å². The highest BCUT2D eigenvalue weighted by atomic mass is 35.5. The van der Waals surface area contributed by atoms with E-state index in [2.05, 4.69) is 10.6 Å². The normalized spacial score (nSPS) is 10.3. The van der Waals surface area contributed by atoms with Gasteiger partial charge >= 0.3 is 0 Å². The maximum Gasteiger partial charge on any atom is 0.264 e. The molecule has 0 heterocycles. The third-order valence-corrected chi connectivity index (χ3v) is 4.48. The number of ether oxygens (including phenoxy) is 1. The van der Waals surface area contributed by atoms with Crippen LogP contribution in [0.3, 0.4) is 0 Å². The number of thiocarbonyl (C=S) groups is 1. The average molecular weight is 438 g/mol. The summed E-state index contributed by atoms with van der Waals surface area (Å²) in [6.45, 7) is 1.62. The van der Waals surface area contributed by atoms with Crippen LogP contribution in [-0.2, 0) is 4.79 Å². The van der Waals surface area contributed by atoms with Crippen LogP contribution in [0.5, 0.6) is 5.75 Å². The zero-order valence-corrected chi connectivity index (χ0v) is 16.7. The van der Waals surface area contributed by atoms with Gasteiger partial charge in [-0.2, -0.15) is 0 Å². The molecule has 0 aliphatic rings. The van der Waals surface area contributed by atoms with Crippen LogP contribution in [-0.4, -0.2) is 17.6 Å². The first-order chi connectivity index (χ1) is 11.8. The van der Waals surface area contributed by atoms with E-state index in [0.717, 1.165) is 5.56 Å². The Labute approximate surface area is 170 Å². The van der Waals surface area contributed by atoms with E-state index in [-0.39, 0.29) is 11.7 Å². The molecule has 0 saturated carbocycles. The highest BCUT2D eigenvalue weighted by Gasteiger charge is 2.11.